The fourth-order valence-electron chi connectivity index (χ4n) is 4.83. The van der Waals surface area contributed by atoms with Crippen LogP contribution in [0.25, 0.3) is 16.6 Å². The number of anilines is 1. The van der Waals surface area contributed by atoms with Crippen LogP contribution in [-0.2, 0) is 0 Å². The molecular weight excluding hydrogens is 506 g/mol. The number of carboxylic acids is 1. The zero-order valence-electron chi connectivity index (χ0n) is 21.1. The summed E-state index contributed by atoms with van der Waals surface area (Å²) < 4.78 is 30.4. The smallest absolute Gasteiger partial charge is 0.341 e. The molecule has 3 aromatic carbocycles. The van der Waals surface area contributed by atoms with Gasteiger partial charge in [-0.3, -0.25) is 9.69 Å². The largest absolute Gasteiger partial charge is 0.477 e. The van der Waals surface area contributed by atoms with E-state index in [1.807, 2.05) is 36.1 Å². The first kappa shape index (κ1) is 26.1. The summed E-state index contributed by atoms with van der Waals surface area (Å²) in [4.78, 5) is 28.6. The number of halogens is 2. The SMILES string of the molecule is Cc1ccc(C(CN2CCN(c3cc4c(cc3F)c(=O)c(C(=O)O)cn4-c3ccc(F)cc3)CC2)=NO)cc1. The van der Waals surface area contributed by atoms with E-state index in [1.165, 1.54) is 41.1 Å². The molecule has 0 saturated carbocycles. The number of hydrogen-bond donors (Lipinski definition) is 2. The highest BCUT2D eigenvalue weighted by molar-refractivity contribution is 6.01. The van der Waals surface area contributed by atoms with E-state index in [4.69, 9.17) is 0 Å². The molecule has 1 fully saturated rings. The first-order valence-corrected chi connectivity index (χ1v) is 12.4. The summed E-state index contributed by atoms with van der Waals surface area (Å²) >= 11 is 0. The highest BCUT2D eigenvalue weighted by Crippen LogP contribution is 2.28. The first-order chi connectivity index (χ1) is 18.7. The van der Waals surface area contributed by atoms with Crippen LogP contribution in [0, 0.1) is 18.6 Å². The van der Waals surface area contributed by atoms with E-state index < -0.39 is 28.6 Å². The predicted molar refractivity (Wildman–Crippen MR) is 145 cm³/mol. The Balaban J connectivity index is 1.44. The molecule has 1 aliphatic rings. The standard InChI is InChI=1S/C29H26F2N4O4/c1-18-2-4-19(5-3-18)25(32-39)17-33-10-12-34(13-11-33)27-15-26-22(14-24(27)31)28(36)23(29(37)38)16-35(26)21-8-6-20(30)7-9-21/h2-9,14-16,39H,10-13,17H2,1H3,(H,37,38). The van der Waals surface area contributed by atoms with Gasteiger partial charge in [0.05, 0.1) is 11.2 Å². The van der Waals surface area contributed by atoms with Gasteiger partial charge in [0.15, 0.2) is 0 Å². The molecule has 10 heteroatoms. The van der Waals surface area contributed by atoms with Crippen LogP contribution in [0.15, 0.2) is 76.8 Å². The van der Waals surface area contributed by atoms with Crippen molar-refractivity contribution in [3.05, 3.63) is 105 Å². The summed E-state index contributed by atoms with van der Waals surface area (Å²) in [5, 5.41) is 22.5. The second kappa shape index (κ2) is 10.7. The minimum Gasteiger partial charge on any atom is -0.477 e. The van der Waals surface area contributed by atoms with Gasteiger partial charge in [0.1, 0.15) is 22.9 Å². The number of carbonyl (C=O) groups is 1. The van der Waals surface area contributed by atoms with Gasteiger partial charge < -0.3 is 19.8 Å². The minimum absolute atomic E-state index is 0.0824. The van der Waals surface area contributed by atoms with Gasteiger partial charge in [0, 0.05) is 55.6 Å². The maximum atomic E-state index is 15.4. The van der Waals surface area contributed by atoms with Crippen LogP contribution in [0.2, 0.25) is 0 Å². The van der Waals surface area contributed by atoms with Gasteiger partial charge in [-0.2, -0.15) is 0 Å². The maximum Gasteiger partial charge on any atom is 0.341 e. The highest BCUT2D eigenvalue weighted by atomic mass is 19.1. The third kappa shape index (κ3) is 5.23. The molecule has 39 heavy (non-hydrogen) atoms. The molecule has 0 radical (unpaired) electrons. The number of benzene rings is 3. The van der Waals surface area contributed by atoms with E-state index >= 15 is 4.39 Å². The third-order valence-corrected chi connectivity index (χ3v) is 7.00. The predicted octanol–water partition coefficient (Wildman–Crippen LogP) is 4.28. The lowest BCUT2D eigenvalue weighted by atomic mass is 10.1. The molecule has 0 unspecified atom stereocenters. The molecule has 1 aromatic heterocycles. The lowest BCUT2D eigenvalue weighted by Gasteiger charge is -2.36. The zero-order chi connectivity index (χ0) is 27.7. The average Bonchev–Trinajstić information content (AvgIpc) is 2.93. The number of fused-ring (bicyclic) bond motifs is 1. The molecule has 2 N–H and O–H groups in total. The summed E-state index contributed by atoms with van der Waals surface area (Å²) in [6.45, 7) is 4.51. The van der Waals surface area contributed by atoms with E-state index in [0.29, 0.717) is 49.6 Å². The van der Waals surface area contributed by atoms with Crippen LogP contribution < -0.4 is 10.3 Å². The number of pyridine rings is 1. The number of nitrogens with zero attached hydrogens (tertiary/aromatic N) is 4. The van der Waals surface area contributed by atoms with E-state index in [1.54, 1.807) is 0 Å². The minimum atomic E-state index is -1.44. The van der Waals surface area contributed by atoms with Gasteiger partial charge in [0.25, 0.3) is 0 Å². The molecule has 0 amide bonds. The number of rotatable bonds is 6. The fourth-order valence-corrected chi connectivity index (χ4v) is 4.83. The summed E-state index contributed by atoms with van der Waals surface area (Å²) in [5.74, 6) is -2.54. The van der Waals surface area contributed by atoms with E-state index in [-0.39, 0.29) is 11.1 Å². The summed E-state index contributed by atoms with van der Waals surface area (Å²) in [5.41, 5.74) is 2.17. The molecule has 200 valence electrons. The molecule has 0 aliphatic carbocycles. The molecule has 4 aromatic rings. The number of oxime groups is 1. The van der Waals surface area contributed by atoms with Gasteiger partial charge in [-0.1, -0.05) is 35.0 Å². The van der Waals surface area contributed by atoms with Crippen LogP contribution >= 0.6 is 0 Å². The van der Waals surface area contributed by atoms with Crippen LogP contribution in [0.3, 0.4) is 0 Å². The fraction of sp³-hybridized carbons (Fsp3) is 0.207. The summed E-state index contributed by atoms with van der Waals surface area (Å²) in [6, 6.07) is 15.7. The third-order valence-electron chi connectivity index (χ3n) is 7.00. The topological polar surface area (TPSA) is 98.4 Å². The van der Waals surface area contributed by atoms with Crippen molar-refractivity contribution >= 4 is 28.3 Å². The Kier molecular flexibility index (Phi) is 7.12. The van der Waals surface area contributed by atoms with Crippen molar-refractivity contribution in [1.29, 1.82) is 0 Å². The molecule has 0 atom stereocenters. The number of piperazine rings is 1. The van der Waals surface area contributed by atoms with Crippen LogP contribution in [-0.4, -0.2) is 64.2 Å². The Morgan fingerprint density at radius 3 is 2.26 bits per heavy atom. The molecule has 0 spiro atoms. The highest BCUT2D eigenvalue weighted by Gasteiger charge is 2.24. The van der Waals surface area contributed by atoms with Crippen LogP contribution in [0.4, 0.5) is 14.5 Å². The lowest BCUT2D eigenvalue weighted by Crippen LogP contribution is -2.48. The van der Waals surface area contributed by atoms with Gasteiger partial charge in [-0.05, 0) is 43.3 Å². The van der Waals surface area contributed by atoms with Crippen molar-refractivity contribution < 1.29 is 23.9 Å². The second-order valence-corrected chi connectivity index (χ2v) is 9.52. The molecule has 8 nitrogen and oxygen atoms in total. The van der Waals surface area contributed by atoms with Gasteiger partial charge in [-0.25, -0.2) is 13.6 Å². The zero-order valence-corrected chi connectivity index (χ0v) is 21.1. The van der Waals surface area contributed by atoms with E-state index in [2.05, 4.69) is 10.1 Å². The first-order valence-electron chi connectivity index (χ1n) is 12.4. The molecular formula is C29H26F2N4O4. The Morgan fingerprint density at radius 2 is 1.64 bits per heavy atom. The normalized spacial score (nSPS) is 14.6. The molecule has 2 heterocycles. The Hall–Kier alpha value is -4.57. The second-order valence-electron chi connectivity index (χ2n) is 9.52. The van der Waals surface area contributed by atoms with Gasteiger partial charge in [0.2, 0.25) is 5.43 Å². The Bertz CT molecular complexity index is 1620. The monoisotopic (exact) mass is 532 g/mol. The maximum absolute atomic E-state index is 15.4. The summed E-state index contributed by atoms with van der Waals surface area (Å²) in [6.07, 6.45) is 1.18. The Morgan fingerprint density at radius 1 is 0.974 bits per heavy atom. The quantitative estimate of drug-likeness (QED) is 0.219. The van der Waals surface area contributed by atoms with E-state index in [0.717, 1.165) is 17.2 Å². The van der Waals surface area contributed by atoms with Crippen molar-refractivity contribution in [3.63, 3.8) is 0 Å². The van der Waals surface area contributed by atoms with E-state index in [9.17, 15) is 24.3 Å². The summed E-state index contributed by atoms with van der Waals surface area (Å²) in [7, 11) is 0. The molecule has 5 rings (SSSR count). The average molecular weight is 533 g/mol. The number of aromatic nitrogens is 1. The van der Waals surface area contributed by atoms with Crippen molar-refractivity contribution in [2.75, 3.05) is 37.6 Å². The molecule has 1 saturated heterocycles. The lowest BCUT2D eigenvalue weighted by molar-refractivity contribution is 0.0695. The molecule has 0 bridgehead atoms. The number of hydrogen-bond acceptors (Lipinski definition) is 6. The Labute approximate surface area is 222 Å². The number of aryl methyl sites for hydroxylation is 1. The number of carboxylic acid groups (broad SMARTS) is 1. The van der Waals surface area contributed by atoms with Crippen molar-refractivity contribution in [3.8, 4) is 5.69 Å². The van der Waals surface area contributed by atoms with Gasteiger partial charge in [-0.15, -0.1) is 0 Å². The van der Waals surface area contributed by atoms with Crippen molar-refractivity contribution in [2.45, 2.75) is 6.92 Å². The molecule has 1 aliphatic heterocycles. The number of aromatic carboxylic acids is 1. The van der Waals surface area contributed by atoms with Crippen LogP contribution in [0.1, 0.15) is 21.5 Å². The van der Waals surface area contributed by atoms with Crippen LogP contribution in [0.5, 0.6) is 0 Å². The van der Waals surface area contributed by atoms with Gasteiger partial charge >= 0.3 is 5.97 Å². The van der Waals surface area contributed by atoms with Crippen molar-refractivity contribution in [2.24, 2.45) is 5.16 Å². The van der Waals surface area contributed by atoms with Crippen molar-refractivity contribution in [1.82, 2.24) is 9.47 Å².